The largest absolute Gasteiger partial charge is 0.484 e. The van der Waals surface area contributed by atoms with Gasteiger partial charge < -0.3 is 20.5 Å². The predicted molar refractivity (Wildman–Crippen MR) is 114 cm³/mol. The van der Waals surface area contributed by atoms with Crippen LogP contribution in [-0.4, -0.2) is 41.4 Å². The van der Waals surface area contributed by atoms with Crippen LogP contribution in [0.3, 0.4) is 0 Å². The van der Waals surface area contributed by atoms with E-state index >= 15 is 0 Å². The number of nitrogens with one attached hydrogen (secondary N) is 1. The summed E-state index contributed by atoms with van der Waals surface area (Å²) >= 11 is 0. The van der Waals surface area contributed by atoms with Gasteiger partial charge in [-0.15, -0.1) is 0 Å². The van der Waals surface area contributed by atoms with Gasteiger partial charge in [0, 0.05) is 12.0 Å². The van der Waals surface area contributed by atoms with Crippen LogP contribution in [0.2, 0.25) is 0 Å². The topological polar surface area (TPSA) is 108 Å². The van der Waals surface area contributed by atoms with Gasteiger partial charge in [-0.1, -0.05) is 27.7 Å². The van der Waals surface area contributed by atoms with Crippen LogP contribution in [0.4, 0.5) is 0 Å². The maximum Gasteiger partial charge on any atom is 0.329 e. The molecule has 7 nitrogen and oxygen atoms in total. The Kier molecular flexibility index (Phi) is 7.29. The van der Waals surface area contributed by atoms with Crippen molar-refractivity contribution in [1.29, 1.82) is 0 Å². The Morgan fingerprint density at radius 2 is 1.80 bits per heavy atom. The number of Topliss-reactive ketones (excluding diaryl/α,β-unsaturated/α-hetero) is 1. The van der Waals surface area contributed by atoms with Crippen molar-refractivity contribution in [2.45, 2.75) is 78.7 Å². The highest BCUT2D eigenvalue weighted by molar-refractivity contribution is 5.94. The molecule has 0 fully saturated rings. The van der Waals surface area contributed by atoms with Gasteiger partial charge in [0.15, 0.2) is 5.78 Å². The highest BCUT2D eigenvalue weighted by Crippen LogP contribution is 2.35. The Bertz CT molecular complexity index is 816. The van der Waals surface area contributed by atoms with Crippen LogP contribution in [0.15, 0.2) is 18.2 Å². The van der Waals surface area contributed by atoms with Gasteiger partial charge in [-0.2, -0.15) is 0 Å². The van der Waals surface area contributed by atoms with Crippen molar-refractivity contribution >= 4 is 17.7 Å². The normalized spacial score (nSPS) is 19.5. The highest BCUT2D eigenvalue weighted by Gasteiger charge is 2.41. The SMILES string of the molecule is CC(=O)c1ccc2c(c1)C[C@@H](OC(=O)C(NC(=O)C(N)C(C)C)C(C)C)C(C)(C)O2. The minimum absolute atomic E-state index is 0.0414. The summed E-state index contributed by atoms with van der Waals surface area (Å²) in [5, 5.41) is 2.73. The molecular formula is C23H34N2O5. The third-order valence-electron chi connectivity index (χ3n) is 5.52. The van der Waals surface area contributed by atoms with E-state index in [0.29, 0.717) is 17.7 Å². The maximum atomic E-state index is 13.0. The minimum Gasteiger partial charge on any atom is -0.484 e. The molecule has 3 N–H and O–H groups in total. The highest BCUT2D eigenvalue weighted by atomic mass is 16.6. The minimum atomic E-state index is -0.817. The Morgan fingerprint density at radius 3 is 2.33 bits per heavy atom. The van der Waals surface area contributed by atoms with Gasteiger partial charge in [-0.3, -0.25) is 9.59 Å². The van der Waals surface area contributed by atoms with Gasteiger partial charge in [0.1, 0.15) is 23.5 Å². The molecule has 1 amide bonds. The number of hydrogen-bond donors (Lipinski definition) is 2. The van der Waals surface area contributed by atoms with Crippen molar-refractivity contribution in [3.63, 3.8) is 0 Å². The molecule has 0 saturated heterocycles. The van der Waals surface area contributed by atoms with Crippen LogP contribution in [0.1, 0.15) is 64.4 Å². The number of rotatable bonds is 7. The van der Waals surface area contributed by atoms with Crippen LogP contribution >= 0.6 is 0 Å². The monoisotopic (exact) mass is 418 g/mol. The number of fused-ring (bicyclic) bond motifs is 1. The van der Waals surface area contributed by atoms with Crippen molar-refractivity contribution < 1.29 is 23.9 Å². The Hall–Kier alpha value is -2.41. The lowest BCUT2D eigenvalue weighted by Crippen LogP contribution is -2.55. The van der Waals surface area contributed by atoms with Gasteiger partial charge in [-0.05, 0) is 56.4 Å². The summed E-state index contributed by atoms with van der Waals surface area (Å²) < 4.78 is 11.9. The molecule has 166 valence electrons. The number of benzene rings is 1. The Labute approximate surface area is 178 Å². The molecule has 0 aromatic heterocycles. The standard InChI is InChI=1S/C23H34N2O5/c1-12(2)19(24)21(27)25-20(13(3)4)22(28)29-18-11-16-10-15(14(5)26)8-9-17(16)30-23(18,6)7/h8-10,12-13,18-20H,11,24H2,1-7H3,(H,25,27)/t18-,19?,20?/m1/s1. The first kappa shape index (κ1) is 23.9. The summed E-state index contributed by atoms with van der Waals surface area (Å²) in [6, 6.07) is 3.76. The summed E-state index contributed by atoms with van der Waals surface area (Å²) in [7, 11) is 0. The van der Waals surface area contributed by atoms with E-state index < -0.39 is 29.8 Å². The lowest BCUT2D eigenvalue weighted by atomic mass is 9.89. The first-order chi connectivity index (χ1) is 13.8. The smallest absolute Gasteiger partial charge is 0.329 e. The summed E-state index contributed by atoms with van der Waals surface area (Å²) in [5.74, 6) is -0.496. The second kappa shape index (κ2) is 9.16. The fourth-order valence-electron chi connectivity index (χ4n) is 3.30. The summed E-state index contributed by atoms with van der Waals surface area (Å²) in [4.78, 5) is 37.1. The van der Waals surface area contributed by atoms with Crippen LogP contribution < -0.4 is 15.8 Å². The third-order valence-corrected chi connectivity index (χ3v) is 5.52. The molecule has 1 aliphatic rings. The fourth-order valence-corrected chi connectivity index (χ4v) is 3.30. The summed E-state index contributed by atoms with van der Waals surface area (Å²) in [5.41, 5.74) is 6.54. The van der Waals surface area contributed by atoms with Crippen LogP contribution in [0.5, 0.6) is 5.75 Å². The lowest BCUT2D eigenvalue weighted by molar-refractivity contribution is -0.166. The average molecular weight is 419 g/mol. The molecule has 0 radical (unpaired) electrons. The zero-order valence-corrected chi connectivity index (χ0v) is 18.9. The van der Waals surface area contributed by atoms with Crippen molar-refractivity contribution in [3.8, 4) is 5.75 Å². The molecule has 0 saturated carbocycles. The van der Waals surface area contributed by atoms with E-state index in [1.54, 1.807) is 18.2 Å². The van der Waals surface area contributed by atoms with E-state index in [2.05, 4.69) is 5.32 Å². The molecule has 30 heavy (non-hydrogen) atoms. The zero-order valence-electron chi connectivity index (χ0n) is 18.9. The summed E-state index contributed by atoms with van der Waals surface area (Å²) in [6.45, 7) is 12.6. The number of ketones is 1. The van der Waals surface area contributed by atoms with E-state index in [1.165, 1.54) is 6.92 Å². The lowest BCUT2D eigenvalue weighted by Gasteiger charge is -2.40. The zero-order chi connectivity index (χ0) is 22.8. The van der Waals surface area contributed by atoms with Crippen molar-refractivity contribution in [2.75, 3.05) is 0 Å². The number of carbonyl (C=O) groups excluding carboxylic acids is 3. The maximum absolute atomic E-state index is 13.0. The van der Waals surface area contributed by atoms with E-state index in [0.717, 1.165) is 5.56 Å². The molecule has 1 aromatic carbocycles. The van der Waals surface area contributed by atoms with Gasteiger partial charge in [0.25, 0.3) is 0 Å². The van der Waals surface area contributed by atoms with Crippen molar-refractivity contribution in [2.24, 2.45) is 17.6 Å². The van der Waals surface area contributed by atoms with Crippen LogP contribution in [-0.2, 0) is 20.7 Å². The van der Waals surface area contributed by atoms with E-state index in [1.807, 2.05) is 41.5 Å². The van der Waals surface area contributed by atoms with Gasteiger partial charge in [-0.25, -0.2) is 4.79 Å². The fraction of sp³-hybridized carbons (Fsp3) is 0.609. The quantitative estimate of drug-likeness (QED) is 0.521. The predicted octanol–water partition coefficient (Wildman–Crippen LogP) is 2.64. The molecule has 7 heteroatoms. The molecule has 2 unspecified atom stereocenters. The molecular weight excluding hydrogens is 384 g/mol. The molecule has 3 atom stereocenters. The van der Waals surface area contributed by atoms with Gasteiger partial charge in [0.05, 0.1) is 6.04 Å². The number of nitrogens with two attached hydrogens (primary N) is 1. The van der Waals surface area contributed by atoms with Crippen molar-refractivity contribution in [1.82, 2.24) is 5.32 Å². The Morgan fingerprint density at radius 1 is 1.17 bits per heavy atom. The number of amides is 1. The van der Waals surface area contributed by atoms with E-state index in [-0.39, 0.29) is 23.5 Å². The van der Waals surface area contributed by atoms with Crippen molar-refractivity contribution in [3.05, 3.63) is 29.3 Å². The van der Waals surface area contributed by atoms with Crippen LogP contribution in [0.25, 0.3) is 0 Å². The molecule has 0 aliphatic carbocycles. The summed E-state index contributed by atoms with van der Waals surface area (Å²) in [6.07, 6.45) is -0.156. The molecule has 1 aromatic rings. The number of ether oxygens (including phenoxy) is 2. The van der Waals surface area contributed by atoms with Gasteiger partial charge >= 0.3 is 5.97 Å². The first-order valence-corrected chi connectivity index (χ1v) is 10.4. The second-order valence-electron chi connectivity index (χ2n) is 9.21. The van der Waals surface area contributed by atoms with Crippen LogP contribution in [0, 0.1) is 11.8 Å². The number of carbonyl (C=O) groups is 3. The molecule has 0 spiro atoms. The molecule has 1 aliphatic heterocycles. The van der Waals surface area contributed by atoms with E-state index in [9.17, 15) is 14.4 Å². The molecule has 0 bridgehead atoms. The van der Waals surface area contributed by atoms with Gasteiger partial charge in [0.2, 0.25) is 5.91 Å². The second-order valence-corrected chi connectivity index (χ2v) is 9.21. The number of hydrogen-bond acceptors (Lipinski definition) is 6. The molecule has 1 heterocycles. The number of esters is 1. The Balaban J connectivity index is 2.19. The van der Waals surface area contributed by atoms with E-state index in [4.69, 9.17) is 15.2 Å². The third kappa shape index (κ3) is 5.39. The first-order valence-electron chi connectivity index (χ1n) is 10.4. The average Bonchev–Trinajstić information content (AvgIpc) is 2.64. The molecule has 2 rings (SSSR count).